The highest BCUT2D eigenvalue weighted by Crippen LogP contribution is 2.26. The highest BCUT2D eigenvalue weighted by Gasteiger charge is 2.22. The fourth-order valence-electron chi connectivity index (χ4n) is 3.44. The van der Waals surface area contributed by atoms with Gasteiger partial charge in [-0.1, -0.05) is 29.8 Å². The molecule has 0 aromatic heterocycles. The Morgan fingerprint density at radius 2 is 1.69 bits per heavy atom. The van der Waals surface area contributed by atoms with Crippen molar-refractivity contribution in [3.8, 4) is 0 Å². The van der Waals surface area contributed by atoms with E-state index in [9.17, 15) is 18.0 Å². The molecule has 4 rings (SSSR count). The fraction of sp³-hybridized carbons (Fsp3) is 0.130. The first-order valence-electron chi connectivity index (χ1n) is 9.93. The molecule has 0 atom stereocenters. The molecular weight excluding hydrogens is 450 g/mol. The average Bonchev–Trinajstić information content (AvgIpc) is 3.22. The monoisotopic (exact) mass is 469 g/mol. The third-order valence-corrected chi connectivity index (χ3v) is 6.65. The number of benzene rings is 3. The quantitative estimate of drug-likeness (QED) is 0.554. The Hall–Kier alpha value is -3.36. The molecule has 0 unspecified atom stereocenters. The van der Waals surface area contributed by atoms with Gasteiger partial charge in [-0.3, -0.25) is 14.3 Å². The lowest BCUT2D eigenvalue weighted by molar-refractivity contribution is -0.117. The largest absolute Gasteiger partial charge is 0.322 e. The maximum atomic E-state index is 12.9. The van der Waals surface area contributed by atoms with Crippen LogP contribution in [-0.2, 0) is 14.8 Å². The first-order valence-corrected chi connectivity index (χ1v) is 11.8. The fourth-order valence-corrected chi connectivity index (χ4v) is 4.71. The van der Waals surface area contributed by atoms with Gasteiger partial charge in [-0.25, -0.2) is 8.42 Å². The van der Waals surface area contributed by atoms with E-state index >= 15 is 0 Å². The number of rotatable bonds is 6. The average molecular weight is 470 g/mol. The van der Waals surface area contributed by atoms with E-state index in [1.165, 1.54) is 30.3 Å². The number of hydrogen-bond acceptors (Lipinski definition) is 4. The number of carbonyl (C=O) groups excluding carboxylic acids is 2. The lowest BCUT2D eigenvalue weighted by atomic mass is 10.1. The predicted octanol–water partition coefficient (Wildman–Crippen LogP) is 4.52. The topological polar surface area (TPSA) is 95.6 Å². The zero-order valence-electron chi connectivity index (χ0n) is 16.9. The molecule has 2 N–H and O–H groups in total. The maximum Gasteiger partial charge on any atom is 0.261 e. The number of sulfonamides is 1. The molecule has 32 heavy (non-hydrogen) atoms. The van der Waals surface area contributed by atoms with Crippen molar-refractivity contribution in [1.29, 1.82) is 0 Å². The van der Waals surface area contributed by atoms with Gasteiger partial charge in [0.25, 0.3) is 15.9 Å². The van der Waals surface area contributed by atoms with Crippen LogP contribution in [0.15, 0.2) is 77.7 Å². The van der Waals surface area contributed by atoms with Crippen LogP contribution in [0.5, 0.6) is 0 Å². The minimum absolute atomic E-state index is 0.0772. The van der Waals surface area contributed by atoms with E-state index in [0.717, 1.165) is 12.1 Å². The Bertz CT molecular complexity index is 1260. The molecule has 1 aliphatic heterocycles. The zero-order valence-corrected chi connectivity index (χ0v) is 18.5. The summed E-state index contributed by atoms with van der Waals surface area (Å²) in [6.45, 7) is 0.679. The van der Waals surface area contributed by atoms with E-state index < -0.39 is 15.9 Å². The summed E-state index contributed by atoms with van der Waals surface area (Å²) in [4.78, 5) is 26.6. The van der Waals surface area contributed by atoms with Crippen molar-refractivity contribution in [3.63, 3.8) is 0 Å². The molecule has 3 aromatic carbocycles. The van der Waals surface area contributed by atoms with Crippen LogP contribution in [0, 0.1) is 0 Å². The Labute approximate surface area is 191 Å². The van der Waals surface area contributed by atoms with Gasteiger partial charge >= 0.3 is 0 Å². The summed E-state index contributed by atoms with van der Waals surface area (Å²) in [5.74, 6) is -0.445. The highest BCUT2D eigenvalue weighted by atomic mass is 35.5. The van der Waals surface area contributed by atoms with Crippen molar-refractivity contribution in [2.75, 3.05) is 21.5 Å². The van der Waals surface area contributed by atoms with Gasteiger partial charge in [-0.15, -0.1) is 0 Å². The molecule has 9 heteroatoms. The maximum absolute atomic E-state index is 12.9. The number of halogens is 1. The number of anilines is 3. The van der Waals surface area contributed by atoms with Gasteiger partial charge in [-0.05, 0) is 61.0 Å². The third kappa shape index (κ3) is 4.76. The number of amides is 2. The molecule has 0 aliphatic carbocycles. The first kappa shape index (κ1) is 21.9. The van der Waals surface area contributed by atoms with Crippen LogP contribution >= 0.6 is 11.6 Å². The van der Waals surface area contributed by atoms with Crippen LogP contribution in [0.25, 0.3) is 0 Å². The Morgan fingerprint density at radius 3 is 2.34 bits per heavy atom. The normalized spacial score (nSPS) is 13.8. The number of carbonyl (C=O) groups is 2. The summed E-state index contributed by atoms with van der Waals surface area (Å²) in [6, 6.07) is 19.1. The van der Waals surface area contributed by atoms with Gasteiger partial charge in [0.15, 0.2) is 0 Å². The van der Waals surface area contributed by atoms with E-state index in [2.05, 4.69) is 10.0 Å². The van der Waals surface area contributed by atoms with Gasteiger partial charge in [0, 0.05) is 29.4 Å². The van der Waals surface area contributed by atoms with Crippen LogP contribution in [0.4, 0.5) is 17.1 Å². The molecule has 0 spiro atoms. The molecule has 2 amide bonds. The summed E-state index contributed by atoms with van der Waals surface area (Å²) in [7, 11) is -3.89. The summed E-state index contributed by atoms with van der Waals surface area (Å²) in [5, 5.41) is 3.04. The molecule has 0 radical (unpaired) electrons. The Kier molecular flexibility index (Phi) is 6.16. The van der Waals surface area contributed by atoms with E-state index in [1.807, 2.05) is 0 Å². The highest BCUT2D eigenvalue weighted by molar-refractivity contribution is 7.92. The van der Waals surface area contributed by atoms with Gasteiger partial charge < -0.3 is 10.2 Å². The van der Waals surface area contributed by atoms with Gasteiger partial charge in [0.2, 0.25) is 5.91 Å². The van der Waals surface area contributed by atoms with Gasteiger partial charge in [-0.2, -0.15) is 0 Å². The van der Waals surface area contributed by atoms with Gasteiger partial charge in [0.1, 0.15) is 0 Å². The van der Waals surface area contributed by atoms with Crippen LogP contribution in [0.3, 0.4) is 0 Å². The van der Waals surface area contributed by atoms with E-state index in [4.69, 9.17) is 11.6 Å². The molecule has 3 aromatic rings. The van der Waals surface area contributed by atoms with E-state index in [1.54, 1.807) is 47.4 Å². The van der Waals surface area contributed by atoms with Crippen molar-refractivity contribution in [3.05, 3.63) is 83.4 Å². The summed E-state index contributed by atoms with van der Waals surface area (Å²) in [5.41, 5.74) is 1.46. The molecule has 1 fully saturated rings. The van der Waals surface area contributed by atoms with Crippen LogP contribution < -0.4 is 14.9 Å². The van der Waals surface area contributed by atoms with Crippen LogP contribution in [0.2, 0.25) is 5.02 Å². The minimum atomic E-state index is -3.89. The molecule has 7 nitrogen and oxygen atoms in total. The summed E-state index contributed by atoms with van der Waals surface area (Å²) < 4.78 is 27.9. The van der Waals surface area contributed by atoms with E-state index in [-0.39, 0.29) is 22.1 Å². The zero-order chi connectivity index (χ0) is 22.7. The van der Waals surface area contributed by atoms with E-state index in [0.29, 0.717) is 23.7 Å². The second-order valence-corrected chi connectivity index (χ2v) is 9.38. The second-order valence-electron chi connectivity index (χ2n) is 7.26. The van der Waals surface area contributed by atoms with Crippen LogP contribution in [0.1, 0.15) is 23.2 Å². The number of nitrogens with zero attached hydrogens (tertiary/aromatic N) is 1. The van der Waals surface area contributed by atoms with Crippen molar-refractivity contribution in [2.24, 2.45) is 0 Å². The molecular formula is C23H20ClN3O4S. The SMILES string of the molecule is O=C(Nc1ccc(N2CCCC2=O)cc1)c1cc(Cl)ccc1NS(=O)(=O)c1ccccc1. The first-order chi connectivity index (χ1) is 15.3. The van der Waals surface area contributed by atoms with Crippen LogP contribution in [-0.4, -0.2) is 26.8 Å². The molecule has 1 heterocycles. The van der Waals surface area contributed by atoms with Crippen molar-refractivity contribution < 1.29 is 18.0 Å². The molecule has 164 valence electrons. The second kappa shape index (κ2) is 9.02. The molecule has 0 saturated carbocycles. The summed E-state index contributed by atoms with van der Waals surface area (Å²) in [6.07, 6.45) is 1.36. The lowest BCUT2D eigenvalue weighted by Crippen LogP contribution is -2.23. The predicted molar refractivity (Wildman–Crippen MR) is 125 cm³/mol. The van der Waals surface area contributed by atoms with Crippen molar-refractivity contribution in [1.82, 2.24) is 0 Å². The Balaban J connectivity index is 1.55. The van der Waals surface area contributed by atoms with Gasteiger partial charge in [0.05, 0.1) is 16.1 Å². The smallest absolute Gasteiger partial charge is 0.261 e. The lowest BCUT2D eigenvalue weighted by Gasteiger charge is -2.16. The molecule has 1 saturated heterocycles. The molecule has 0 bridgehead atoms. The third-order valence-electron chi connectivity index (χ3n) is 5.03. The Morgan fingerprint density at radius 1 is 0.969 bits per heavy atom. The van der Waals surface area contributed by atoms with Crippen molar-refractivity contribution in [2.45, 2.75) is 17.7 Å². The molecule has 1 aliphatic rings. The number of nitrogens with one attached hydrogen (secondary N) is 2. The van der Waals surface area contributed by atoms with Crippen molar-refractivity contribution >= 4 is 50.5 Å². The summed E-state index contributed by atoms with van der Waals surface area (Å²) >= 11 is 6.06. The standard InChI is InChI=1S/C23H20ClN3O4S/c24-16-8-13-21(26-32(30,31)19-5-2-1-3-6-19)20(15-16)23(29)25-17-9-11-18(12-10-17)27-14-4-7-22(27)28/h1-3,5-6,8-13,15,26H,4,7,14H2,(H,25,29). The number of hydrogen-bond donors (Lipinski definition) is 2. The minimum Gasteiger partial charge on any atom is -0.322 e.